The van der Waals surface area contributed by atoms with Crippen molar-refractivity contribution in [1.82, 2.24) is 0 Å². The Balaban J connectivity index is 1.76. The third kappa shape index (κ3) is 8.86. The fourth-order valence-corrected chi connectivity index (χ4v) is 4.98. The number of carboxylic acids is 2. The molecule has 2 N–H and O–H groups in total. The van der Waals surface area contributed by atoms with Crippen LogP contribution in [0.1, 0.15) is 119 Å². The molecule has 38 heavy (non-hydrogen) atoms. The number of unbranched alkanes of at least 4 members (excludes halogenated alkanes) is 6. The molecule has 0 aliphatic rings. The summed E-state index contributed by atoms with van der Waals surface area (Å²) >= 11 is 0. The smallest absolute Gasteiger partial charge is 0.335 e. The highest BCUT2D eigenvalue weighted by atomic mass is 16.4. The molecule has 0 heterocycles. The number of carboxylic acid groups (broad SMARTS) is 2. The molecule has 202 valence electrons. The van der Waals surface area contributed by atoms with Crippen LogP contribution in [0.4, 0.5) is 0 Å². The molecule has 3 rings (SSSR count). The Morgan fingerprint density at radius 2 is 0.868 bits per heavy atom. The predicted octanol–water partition coefficient (Wildman–Crippen LogP) is 8.51. The molecule has 0 saturated carbocycles. The van der Waals surface area contributed by atoms with E-state index in [1.54, 1.807) is 12.1 Å². The number of hydrogen-bond donors (Lipinski definition) is 2. The van der Waals surface area contributed by atoms with Crippen LogP contribution in [0.15, 0.2) is 60.7 Å². The number of aryl methyl sites for hydroxylation is 2. The lowest BCUT2D eigenvalue weighted by Gasteiger charge is -2.14. The minimum atomic E-state index is -1.03. The Bertz CT molecular complexity index is 1080. The summed E-state index contributed by atoms with van der Waals surface area (Å²) in [5, 5.41) is 19.9. The lowest BCUT2D eigenvalue weighted by Crippen LogP contribution is -2.11. The zero-order valence-corrected chi connectivity index (χ0v) is 23.0. The number of hydrogen-bond acceptors (Lipinski definition) is 2. The van der Waals surface area contributed by atoms with Crippen molar-refractivity contribution >= 4 is 11.9 Å². The van der Waals surface area contributed by atoms with Crippen LogP contribution in [0.5, 0.6) is 0 Å². The SMILES string of the molecule is CCCCCCc1ccc(Cc2cc(C(=O)O)c(Cc3ccc(CCCCCC)cc3)cc2C(=O)O)cc1. The molecule has 0 unspecified atom stereocenters. The highest BCUT2D eigenvalue weighted by Gasteiger charge is 2.19. The van der Waals surface area contributed by atoms with E-state index < -0.39 is 11.9 Å². The Hall–Kier alpha value is -3.40. The van der Waals surface area contributed by atoms with Gasteiger partial charge in [0.1, 0.15) is 0 Å². The molecule has 0 spiro atoms. The van der Waals surface area contributed by atoms with Crippen molar-refractivity contribution in [2.45, 2.75) is 90.9 Å². The quantitative estimate of drug-likeness (QED) is 0.188. The minimum Gasteiger partial charge on any atom is -0.478 e. The molecule has 0 fully saturated rings. The second kappa shape index (κ2) is 15.1. The lowest BCUT2D eigenvalue weighted by molar-refractivity contribution is 0.0679. The Morgan fingerprint density at radius 1 is 0.526 bits per heavy atom. The molecule has 0 radical (unpaired) electrons. The van der Waals surface area contributed by atoms with Gasteiger partial charge in [0, 0.05) is 0 Å². The van der Waals surface area contributed by atoms with E-state index in [9.17, 15) is 19.8 Å². The normalized spacial score (nSPS) is 11.0. The van der Waals surface area contributed by atoms with Gasteiger partial charge in [-0.1, -0.05) is 101 Å². The third-order valence-corrected chi connectivity index (χ3v) is 7.26. The van der Waals surface area contributed by atoms with Gasteiger partial charge in [0.25, 0.3) is 0 Å². The standard InChI is InChI=1S/C34H42O4/c1-3-5-7-9-11-25-13-17-27(18-14-25)21-29-23-32(34(37)38)30(24-31(29)33(35)36)22-28-19-15-26(16-20-28)12-10-8-6-4-2/h13-20,23-24H,3-12,21-22H2,1-2H3,(H,35,36)(H,37,38). The first-order valence-electron chi connectivity index (χ1n) is 14.2. The maximum absolute atomic E-state index is 12.2. The summed E-state index contributed by atoms with van der Waals surface area (Å²) in [5.41, 5.74) is 5.89. The van der Waals surface area contributed by atoms with E-state index in [1.165, 1.54) is 62.5 Å². The van der Waals surface area contributed by atoms with E-state index in [0.29, 0.717) is 24.0 Å². The van der Waals surface area contributed by atoms with Crippen LogP contribution in [0.2, 0.25) is 0 Å². The lowest BCUT2D eigenvalue weighted by atomic mass is 9.90. The third-order valence-electron chi connectivity index (χ3n) is 7.26. The minimum absolute atomic E-state index is 0.168. The molecule has 4 heteroatoms. The molecule has 0 atom stereocenters. The molecule has 0 amide bonds. The predicted molar refractivity (Wildman–Crippen MR) is 155 cm³/mol. The van der Waals surface area contributed by atoms with Gasteiger partial charge in [-0.2, -0.15) is 0 Å². The van der Waals surface area contributed by atoms with E-state index in [2.05, 4.69) is 38.1 Å². The zero-order chi connectivity index (χ0) is 27.3. The van der Waals surface area contributed by atoms with Crippen molar-refractivity contribution in [2.75, 3.05) is 0 Å². The average molecular weight is 515 g/mol. The summed E-state index contributed by atoms with van der Waals surface area (Å²) in [6, 6.07) is 19.6. The van der Waals surface area contributed by atoms with E-state index in [1.807, 2.05) is 24.3 Å². The monoisotopic (exact) mass is 514 g/mol. The van der Waals surface area contributed by atoms with Crippen molar-refractivity contribution in [3.05, 3.63) is 105 Å². The summed E-state index contributed by atoms with van der Waals surface area (Å²) in [4.78, 5) is 24.3. The van der Waals surface area contributed by atoms with E-state index in [4.69, 9.17) is 0 Å². The molecular weight excluding hydrogens is 472 g/mol. The largest absolute Gasteiger partial charge is 0.478 e. The Morgan fingerprint density at radius 3 is 1.18 bits per heavy atom. The molecule has 4 nitrogen and oxygen atoms in total. The van der Waals surface area contributed by atoms with Crippen LogP contribution >= 0.6 is 0 Å². The second-order valence-electron chi connectivity index (χ2n) is 10.4. The molecular formula is C34H42O4. The van der Waals surface area contributed by atoms with Gasteiger partial charge in [-0.05, 0) is 84.0 Å². The number of carbonyl (C=O) groups is 2. The fraction of sp³-hybridized carbons (Fsp3) is 0.412. The van der Waals surface area contributed by atoms with Crippen molar-refractivity contribution in [3.63, 3.8) is 0 Å². The van der Waals surface area contributed by atoms with E-state index in [0.717, 1.165) is 24.0 Å². The Kier molecular flexibility index (Phi) is 11.6. The zero-order valence-electron chi connectivity index (χ0n) is 23.0. The molecule has 0 aliphatic heterocycles. The first-order valence-corrected chi connectivity index (χ1v) is 14.2. The first-order chi connectivity index (χ1) is 18.4. The molecule has 0 saturated heterocycles. The molecule has 3 aromatic rings. The molecule has 0 bridgehead atoms. The van der Waals surface area contributed by atoms with E-state index >= 15 is 0 Å². The van der Waals surface area contributed by atoms with Gasteiger partial charge in [0.05, 0.1) is 11.1 Å². The maximum Gasteiger partial charge on any atom is 0.335 e. The van der Waals surface area contributed by atoms with Crippen LogP contribution in [-0.2, 0) is 25.7 Å². The van der Waals surface area contributed by atoms with Crippen LogP contribution in [0, 0.1) is 0 Å². The second-order valence-corrected chi connectivity index (χ2v) is 10.4. The average Bonchev–Trinajstić information content (AvgIpc) is 2.91. The summed E-state index contributed by atoms with van der Waals surface area (Å²) < 4.78 is 0. The highest BCUT2D eigenvalue weighted by molar-refractivity contribution is 5.95. The number of benzene rings is 3. The van der Waals surface area contributed by atoms with E-state index in [-0.39, 0.29) is 11.1 Å². The van der Waals surface area contributed by atoms with Crippen LogP contribution < -0.4 is 0 Å². The topological polar surface area (TPSA) is 74.6 Å². The fourth-order valence-electron chi connectivity index (χ4n) is 4.98. The van der Waals surface area contributed by atoms with Crippen molar-refractivity contribution in [1.29, 1.82) is 0 Å². The Labute approximate surface area is 227 Å². The number of aromatic carboxylic acids is 2. The van der Waals surface area contributed by atoms with Gasteiger partial charge >= 0.3 is 11.9 Å². The summed E-state index contributed by atoms with van der Waals surface area (Å²) in [5.74, 6) is -2.07. The summed E-state index contributed by atoms with van der Waals surface area (Å²) in [6.45, 7) is 4.41. The molecule has 3 aromatic carbocycles. The maximum atomic E-state index is 12.2. The molecule has 0 aliphatic carbocycles. The van der Waals surface area contributed by atoms with Gasteiger partial charge in [0.15, 0.2) is 0 Å². The van der Waals surface area contributed by atoms with Gasteiger partial charge in [-0.15, -0.1) is 0 Å². The van der Waals surface area contributed by atoms with Crippen LogP contribution in [0.25, 0.3) is 0 Å². The van der Waals surface area contributed by atoms with Crippen LogP contribution in [0.3, 0.4) is 0 Å². The van der Waals surface area contributed by atoms with Gasteiger partial charge in [-0.25, -0.2) is 9.59 Å². The van der Waals surface area contributed by atoms with Crippen molar-refractivity contribution in [2.24, 2.45) is 0 Å². The number of rotatable bonds is 16. The summed E-state index contributed by atoms with van der Waals surface area (Å²) in [7, 11) is 0. The highest BCUT2D eigenvalue weighted by Crippen LogP contribution is 2.24. The first kappa shape index (κ1) is 29.2. The van der Waals surface area contributed by atoms with Crippen molar-refractivity contribution in [3.8, 4) is 0 Å². The summed E-state index contributed by atoms with van der Waals surface area (Å²) in [6.07, 6.45) is 12.6. The van der Waals surface area contributed by atoms with Gasteiger partial charge in [-0.3, -0.25) is 0 Å². The van der Waals surface area contributed by atoms with Crippen LogP contribution in [-0.4, -0.2) is 22.2 Å². The molecule has 0 aromatic heterocycles. The van der Waals surface area contributed by atoms with Gasteiger partial charge < -0.3 is 10.2 Å². The van der Waals surface area contributed by atoms with Crippen molar-refractivity contribution < 1.29 is 19.8 Å². The van der Waals surface area contributed by atoms with Gasteiger partial charge in [0.2, 0.25) is 0 Å².